The maximum atomic E-state index is 5.35. The minimum Gasteiger partial charge on any atom is -0.379 e. The molecular weight excluding hydrogens is 200 g/mol. The standard InChI is InChI=1S/C13H26N2O/c1(2-6-14-8-4-5-9-14)3-7-15-10-12-16-13-11-15/h1-13H2. The number of morpholine rings is 1. The van der Waals surface area contributed by atoms with E-state index in [2.05, 4.69) is 9.80 Å². The number of nitrogens with zero attached hydrogens (tertiary/aromatic N) is 2. The van der Waals surface area contributed by atoms with Crippen molar-refractivity contribution in [2.75, 3.05) is 52.5 Å². The van der Waals surface area contributed by atoms with Crippen molar-refractivity contribution in [2.24, 2.45) is 0 Å². The molecule has 0 atom stereocenters. The summed E-state index contributed by atoms with van der Waals surface area (Å²) in [7, 11) is 0. The molecular formula is C13H26N2O. The second-order valence-electron chi connectivity index (χ2n) is 5.06. The third-order valence-corrected chi connectivity index (χ3v) is 3.75. The van der Waals surface area contributed by atoms with Gasteiger partial charge in [-0.2, -0.15) is 0 Å². The van der Waals surface area contributed by atoms with Crippen molar-refractivity contribution < 1.29 is 4.74 Å². The van der Waals surface area contributed by atoms with Crippen LogP contribution < -0.4 is 0 Å². The van der Waals surface area contributed by atoms with Gasteiger partial charge in [-0.1, -0.05) is 6.42 Å². The molecule has 0 unspecified atom stereocenters. The Morgan fingerprint density at radius 3 is 1.88 bits per heavy atom. The van der Waals surface area contributed by atoms with Crippen molar-refractivity contribution in [3.8, 4) is 0 Å². The fraction of sp³-hybridized carbons (Fsp3) is 1.00. The van der Waals surface area contributed by atoms with Gasteiger partial charge in [0.1, 0.15) is 0 Å². The number of hydrogen-bond acceptors (Lipinski definition) is 3. The third-order valence-electron chi connectivity index (χ3n) is 3.75. The number of rotatable bonds is 6. The lowest BCUT2D eigenvalue weighted by Gasteiger charge is -2.26. The van der Waals surface area contributed by atoms with Crippen LogP contribution in [-0.2, 0) is 4.74 Å². The SMILES string of the molecule is C(CCN1CCCC1)CCN1CCOCC1. The summed E-state index contributed by atoms with van der Waals surface area (Å²) in [5, 5.41) is 0. The van der Waals surface area contributed by atoms with Gasteiger partial charge in [-0.3, -0.25) is 4.90 Å². The van der Waals surface area contributed by atoms with Crippen LogP contribution in [0.25, 0.3) is 0 Å². The summed E-state index contributed by atoms with van der Waals surface area (Å²) in [6.45, 7) is 9.49. The van der Waals surface area contributed by atoms with Gasteiger partial charge in [0.05, 0.1) is 13.2 Å². The second-order valence-corrected chi connectivity index (χ2v) is 5.06. The maximum Gasteiger partial charge on any atom is 0.0594 e. The van der Waals surface area contributed by atoms with E-state index in [1.807, 2.05) is 0 Å². The fourth-order valence-corrected chi connectivity index (χ4v) is 2.68. The minimum absolute atomic E-state index is 0.938. The van der Waals surface area contributed by atoms with Gasteiger partial charge in [0.2, 0.25) is 0 Å². The molecule has 3 heteroatoms. The van der Waals surface area contributed by atoms with E-state index in [4.69, 9.17) is 4.74 Å². The van der Waals surface area contributed by atoms with Gasteiger partial charge in [-0.25, -0.2) is 0 Å². The highest BCUT2D eigenvalue weighted by atomic mass is 16.5. The van der Waals surface area contributed by atoms with E-state index in [9.17, 15) is 0 Å². The molecule has 3 nitrogen and oxygen atoms in total. The number of hydrogen-bond donors (Lipinski definition) is 0. The van der Waals surface area contributed by atoms with Crippen LogP contribution in [0.3, 0.4) is 0 Å². The predicted octanol–water partition coefficient (Wildman–Crippen LogP) is 1.58. The average molecular weight is 226 g/mol. The summed E-state index contributed by atoms with van der Waals surface area (Å²) in [5.74, 6) is 0. The summed E-state index contributed by atoms with van der Waals surface area (Å²) < 4.78 is 5.35. The largest absolute Gasteiger partial charge is 0.379 e. The summed E-state index contributed by atoms with van der Waals surface area (Å²) in [6.07, 6.45) is 7.01. The van der Waals surface area contributed by atoms with Crippen LogP contribution >= 0.6 is 0 Å². The van der Waals surface area contributed by atoms with Crippen LogP contribution in [0.15, 0.2) is 0 Å². The summed E-state index contributed by atoms with van der Waals surface area (Å²) in [5.41, 5.74) is 0. The Morgan fingerprint density at radius 1 is 0.688 bits per heavy atom. The minimum atomic E-state index is 0.938. The third kappa shape index (κ3) is 4.40. The van der Waals surface area contributed by atoms with Crippen LogP contribution in [0.2, 0.25) is 0 Å². The molecule has 2 heterocycles. The summed E-state index contributed by atoms with van der Waals surface area (Å²) in [6, 6.07) is 0. The zero-order valence-corrected chi connectivity index (χ0v) is 10.5. The second kappa shape index (κ2) is 7.25. The lowest BCUT2D eigenvalue weighted by molar-refractivity contribution is 0.0371. The zero-order valence-electron chi connectivity index (χ0n) is 10.5. The van der Waals surface area contributed by atoms with Crippen LogP contribution in [0, 0.1) is 0 Å². The predicted molar refractivity (Wildman–Crippen MR) is 66.8 cm³/mol. The Hall–Kier alpha value is -0.120. The molecule has 0 aromatic carbocycles. The molecule has 2 aliphatic rings. The fourth-order valence-electron chi connectivity index (χ4n) is 2.68. The highest BCUT2D eigenvalue weighted by molar-refractivity contribution is 4.66. The molecule has 2 aliphatic heterocycles. The monoisotopic (exact) mass is 226 g/mol. The Balaban J connectivity index is 1.42. The van der Waals surface area contributed by atoms with Gasteiger partial charge in [0.15, 0.2) is 0 Å². The number of unbranched alkanes of at least 4 members (excludes halogenated alkanes) is 2. The van der Waals surface area contributed by atoms with Crippen molar-refractivity contribution in [1.82, 2.24) is 9.80 Å². The van der Waals surface area contributed by atoms with E-state index in [0.29, 0.717) is 0 Å². The van der Waals surface area contributed by atoms with Crippen molar-refractivity contribution in [3.05, 3.63) is 0 Å². The lowest BCUT2D eigenvalue weighted by atomic mass is 10.2. The molecule has 0 N–H and O–H groups in total. The normalized spacial score (nSPS) is 24.0. The molecule has 0 aromatic heterocycles. The molecule has 94 valence electrons. The molecule has 0 amide bonds. The molecule has 2 saturated heterocycles. The first kappa shape index (κ1) is 12.3. The maximum absolute atomic E-state index is 5.35. The zero-order chi connectivity index (χ0) is 11.1. The molecule has 0 radical (unpaired) electrons. The van der Waals surface area contributed by atoms with E-state index < -0.39 is 0 Å². The summed E-state index contributed by atoms with van der Waals surface area (Å²) in [4.78, 5) is 5.16. The van der Waals surface area contributed by atoms with Gasteiger partial charge < -0.3 is 9.64 Å². The smallest absolute Gasteiger partial charge is 0.0594 e. The van der Waals surface area contributed by atoms with Crippen molar-refractivity contribution in [1.29, 1.82) is 0 Å². The van der Waals surface area contributed by atoms with Gasteiger partial charge in [0, 0.05) is 13.1 Å². The van der Waals surface area contributed by atoms with E-state index >= 15 is 0 Å². The molecule has 2 fully saturated rings. The first-order valence-electron chi connectivity index (χ1n) is 6.97. The topological polar surface area (TPSA) is 15.7 Å². The van der Waals surface area contributed by atoms with E-state index in [-0.39, 0.29) is 0 Å². The van der Waals surface area contributed by atoms with Gasteiger partial charge >= 0.3 is 0 Å². The van der Waals surface area contributed by atoms with Crippen LogP contribution in [-0.4, -0.2) is 62.3 Å². The average Bonchev–Trinajstić information content (AvgIpc) is 2.83. The Kier molecular flexibility index (Phi) is 5.59. The molecule has 0 aliphatic carbocycles. The van der Waals surface area contributed by atoms with Crippen molar-refractivity contribution >= 4 is 0 Å². The lowest BCUT2D eigenvalue weighted by Crippen LogP contribution is -2.36. The highest BCUT2D eigenvalue weighted by Crippen LogP contribution is 2.09. The van der Waals surface area contributed by atoms with Gasteiger partial charge in [-0.15, -0.1) is 0 Å². The molecule has 0 saturated carbocycles. The molecule has 0 spiro atoms. The molecule has 0 bridgehead atoms. The molecule has 0 aromatic rings. The first-order chi connectivity index (χ1) is 7.95. The first-order valence-corrected chi connectivity index (χ1v) is 6.97. The van der Waals surface area contributed by atoms with Crippen LogP contribution in [0.5, 0.6) is 0 Å². The van der Waals surface area contributed by atoms with E-state index in [0.717, 1.165) is 26.3 Å². The Labute approximate surface area is 99.7 Å². The van der Waals surface area contributed by atoms with Crippen LogP contribution in [0.4, 0.5) is 0 Å². The van der Waals surface area contributed by atoms with E-state index in [1.165, 1.54) is 58.3 Å². The van der Waals surface area contributed by atoms with Crippen LogP contribution in [0.1, 0.15) is 32.1 Å². The highest BCUT2D eigenvalue weighted by Gasteiger charge is 2.11. The quantitative estimate of drug-likeness (QED) is 0.640. The molecule has 16 heavy (non-hydrogen) atoms. The Morgan fingerprint density at radius 2 is 1.25 bits per heavy atom. The van der Waals surface area contributed by atoms with E-state index in [1.54, 1.807) is 0 Å². The van der Waals surface area contributed by atoms with Gasteiger partial charge in [-0.05, 0) is 51.9 Å². The molecule has 2 rings (SSSR count). The van der Waals surface area contributed by atoms with Crippen molar-refractivity contribution in [2.45, 2.75) is 32.1 Å². The number of ether oxygens (including phenoxy) is 1. The van der Waals surface area contributed by atoms with Gasteiger partial charge in [0.25, 0.3) is 0 Å². The van der Waals surface area contributed by atoms with Crippen molar-refractivity contribution in [3.63, 3.8) is 0 Å². The Bertz CT molecular complexity index is 175. The number of likely N-dealkylation sites (tertiary alicyclic amines) is 1. The summed E-state index contributed by atoms with van der Waals surface area (Å²) >= 11 is 0.